The zero-order valence-electron chi connectivity index (χ0n) is 11.4. The fraction of sp³-hybridized carbons (Fsp3) is 0.333. The average molecular weight is 255 g/mol. The third-order valence-electron chi connectivity index (χ3n) is 3.33. The minimum atomic E-state index is 0.130. The van der Waals surface area contributed by atoms with E-state index in [1.54, 1.807) is 13.3 Å². The van der Waals surface area contributed by atoms with E-state index in [9.17, 15) is 0 Å². The number of anilines is 1. The molecule has 2 aromatic rings. The second kappa shape index (κ2) is 5.57. The first-order chi connectivity index (χ1) is 9.17. The number of nitrogens with zero attached hydrogens (tertiary/aromatic N) is 3. The molecule has 0 fully saturated rings. The van der Waals surface area contributed by atoms with Crippen molar-refractivity contribution in [2.75, 3.05) is 19.1 Å². The molecular weight excluding hydrogens is 238 g/mol. The topological polar surface area (TPSA) is 49.1 Å². The molecule has 0 N–H and O–H groups in total. The highest BCUT2D eigenvalue weighted by atomic mass is 16.5. The van der Waals surface area contributed by atoms with Crippen molar-refractivity contribution in [2.45, 2.75) is 19.4 Å². The molecular formula is C15H17N3O. The van der Waals surface area contributed by atoms with Crippen LogP contribution in [0.4, 0.5) is 5.82 Å². The van der Waals surface area contributed by atoms with Gasteiger partial charge in [0.05, 0.1) is 19.6 Å². The van der Waals surface area contributed by atoms with Gasteiger partial charge in [-0.1, -0.05) is 0 Å². The van der Waals surface area contributed by atoms with E-state index in [4.69, 9.17) is 10.00 Å². The molecule has 0 bridgehead atoms. The Morgan fingerprint density at radius 1 is 1.42 bits per heavy atom. The third-order valence-corrected chi connectivity index (χ3v) is 3.33. The van der Waals surface area contributed by atoms with Gasteiger partial charge in [-0.25, -0.2) is 4.98 Å². The Kier molecular flexibility index (Phi) is 3.86. The molecule has 2 rings (SSSR count). The fourth-order valence-corrected chi connectivity index (χ4v) is 2.03. The van der Waals surface area contributed by atoms with Gasteiger partial charge in [-0.05, 0) is 36.6 Å². The maximum absolute atomic E-state index is 8.80. The van der Waals surface area contributed by atoms with E-state index < -0.39 is 0 Å². The van der Waals surface area contributed by atoms with Gasteiger partial charge in [0.25, 0.3) is 0 Å². The van der Waals surface area contributed by atoms with Crippen LogP contribution in [0.15, 0.2) is 30.5 Å². The van der Waals surface area contributed by atoms with Crippen LogP contribution in [0.25, 0.3) is 10.8 Å². The Labute approximate surface area is 113 Å². The molecule has 98 valence electrons. The number of benzene rings is 1. The SMILES string of the molecule is COc1ccc2c(N(C)C(C)CC#N)nccc2c1. The van der Waals surface area contributed by atoms with E-state index in [0.29, 0.717) is 6.42 Å². The molecule has 0 aliphatic heterocycles. The molecule has 0 aliphatic carbocycles. The summed E-state index contributed by atoms with van der Waals surface area (Å²) in [6.45, 7) is 2.02. The quantitative estimate of drug-likeness (QED) is 0.842. The molecule has 19 heavy (non-hydrogen) atoms. The van der Waals surface area contributed by atoms with Gasteiger partial charge in [0.15, 0.2) is 0 Å². The molecule has 4 heteroatoms. The van der Waals surface area contributed by atoms with Crippen LogP contribution in [-0.2, 0) is 0 Å². The first-order valence-corrected chi connectivity index (χ1v) is 6.20. The number of methoxy groups -OCH3 is 1. The van der Waals surface area contributed by atoms with Crippen molar-refractivity contribution in [3.63, 3.8) is 0 Å². The monoisotopic (exact) mass is 255 g/mol. The first-order valence-electron chi connectivity index (χ1n) is 6.20. The molecule has 0 aliphatic rings. The van der Waals surface area contributed by atoms with E-state index in [1.165, 1.54) is 0 Å². The Morgan fingerprint density at radius 3 is 2.89 bits per heavy atom. The highest BCUT2D eigenvalue weighted by Gasteiger charge is 2.13. The van der Waals surface area contributed by atoms with Crippen LogP contribution >= 0.6 is 0 Å². The number of fused-ring (bicyclic) bond motifs is 1. The summed E-state index contributed by atoms with van der Waals surface area (Å²) in [4.78, 5) is 6.48. The first kappa shape index (κ1) is 13.2. The summed E-state index contributed by atoms with van der Waals surface area (Å²) >= 11 is 0. The molecule has 0 saturated carbocycles. The van der Waals surface area contributed by atoms with E-state index in [0.717, 1.165) is 22.3 Å². The molecule has 0 spiro atoms. The summed E-state index contributed by atoms with van der Waals surface area (Å²) in [5.41, 5.74) is 0. The van der Waals surface area contributed by atoms with Gasteiger partial charge in [-0.3, -0.25) is 0 Å². The lowest BCUT2D eigenvalue weighted by Crippen LogP contribution is -2.29. The zero-order chi connectivity index (χ0) is 13.8. The molecule has 0 radical (unpaired) electrons. The summed E-state index contributed by atoms with van der Waals surface area (Å²) in [5.74, 6) is 1.72. The lowest BCUT2D eigenvalue weighted by atomic mass is 10.1. The molecule has 1 unspecified atom stereocenters. The largest absolute Gasteiger partial charge is 0.497 e. The van der Waals surface area contributed by atoms with E-state index in [2.05, 4.69) is 11.1 Å². The Bertz CT molecular complexity index is 618. The lowest BCUT2D eigenvalue weighted by molar-refractivity contribution is 0.415. The van der Waals surface area contributed by atoms with Gasteiger partial charge in [-0.15, -0.1) is 0 Å². The second-order valence-electron chi connectivity index (χ2n) is 4.54. The number of nitriles is 1. The van der Waals surface area contributed by atoms with Crippen molar-refractivity contribution in [2.24, 2.45) is 0 Å². The number of ether oxygens (including phenoxy) is 1. The number of pyridine rings is 1. The molecule has 1 aromatic heterocycles. The predicted octanol–water partition coefficient (Wildman–Crippen LogP) is 2.98. The molecule has 1 heterocycles. The van der Waals surface area contributed by atoms with Crippen molar-refractivity contribution < 1.29 is 4.74 Å². The van der Waals surface area contributed by atoms with Gasteiger partial charge >= 0.3 is 0 Å². The fourth-order valence-electron chi connectivity index (χ4n) is 2.03. The standard InChI is InChI=1S/C15H17N3O/c1-11(6-8-16)18(2)15-14-5-4-13(19-3)10-12(14)7-9-17-15/h4-5,7,9-11H,6H2,1-3H3. The van der Waals surface area contributed by atoms with Crippen LogP contribution in [0.1, 0.15) is 13.3 Å². The maximum atomic E-state index is 8.80. The summed E-state index contributed by atoms with van der Waals surface area (Å²) in [7, 11) is 3.62. The van der Waals surface area contributed by atoms with Crippen LogP contribution < -0.4 is 9.64 Å². The lowest BCUT2D eigenvalue weighted by Gasteiger charge is -2.25. The average Bonchev–Trinajstić information content (AvgIpc) is 2.45. The van der Waals surface area contributed by atoms with Crippen LogP contribution in [-0.4, -0.2) is 25.2 Å². The predicted molar refractivity (Wildman–Crippen MR) is 76.4 cm³/mol. The van der Waals surface area contributed by atoms with Crippen molar-refractivity contribution in [3.8, 4) is 11.8 Å². The molecule has 1 aromatic carbocycles. The van der Waals surface area contributed by atoms with Crippen LogP contribution in [0, 0.1) is 11.3 Å². The highest BCUT2D eigenvalue weighted by molar-refractivity contribution is 5.93. The molecule has 4 nitrogen and oxygen atoms in total. The summed E-state index contributed by atoms with van der Waals surface area (Å²) in [5, 5.41) is 10.9. The zero-order valence-corrected chi connectivity index (χ0v) is 11.4. The summed E-state index contributed by atoms with van der Waals surface area (Å²) in [6, 6.07) is 10.2. The van der Waals surface area contributed by atoms with Crippen molar-refractivity contribution >= 4 is 16.6 Å². The Hall–Kier alpha value is -2.28. The Morgan fingerprint density at radius 2 is 2.21 bits per heavy atom. The van der Waals surface area contributed by atoms with Crippen molar-refractivity contribution in [1.29, 1.82) is 5.26 Å². The van der Waals surface area contributed by atoms with Gasteiger partial charge in [-0.2, -0.15) is 5.26 Å². The van der Waals surface area contributed by atoms with Crippen molar-refractivity contribution in [3.05, 3.63) is 30.5 Å². The van der Waals surface area contributed by atoms with Gasteiger partial charge in [0, 0.05) is 24.7 Å². The smallest absolute Gasteiger partial charge is 0.136 e. The van der Waals surface area contributed by atoms with E-state index in [1.807, 2.05) is 43.1 Å². The minimum Gasteiger partial charge on any atom is -0.497 e. The molecule has 0 amide bonds. The Balaban J connectivity index is 2.47. The maximum Gasteiger partial charge on any atom is 0.136 e. The highest BCUT2D eigenvalue weighted by Crippen LogP contribution is 2.28. The summed E-state index contributed by atoms with van der Waals surface area (Å²) in [6.07, 6.45) is 2.26. The molecule has 1 atom stereocenters. The van der Waals surface area contributed by atoms with Gasteiger partial charge in [0.1, 0.15) is 11.6 Å². The summed E-state index contributed by atoms with van der Waals surface area (Å²) < 4.78 is 5.23. The van der Waals surface area contributed by atoms with Gasteiger partial charge < -0.3 is 9.64 Å². The normalized spacial score (nSPS) is 11.9. The second-order valence-corrected chi connectivity index (χ2v) is 4.54. The number of rotatable bonds is 4. The van der Waals surface area contributed by atoms with E-state index >= 15 is 0 Å². The third kappa shape index (κ3) is 2.60. The number of aromatic nitrogens is 1. The number of hydrogen-bond acceptors (Lipinski definition) is 4. The van der Waals surface area contributed by atoms with Crippen LogP contribution in [0.5, 0.6) is 5.75 Å². The van der Waals surface area contributed by atoms with Crippen molar-refractivity contribution in [1.82, 2.24) is 4.98 Å². The van der Waals surface area contributed by atoms with Crippen LogP contribution in [0.2, 0.25) is 0 Å². The minimum absolute atomic E-state index is 0.130. The molecule has 0 saturated heterocycles. The van der Waals surface area contributed by atoms with Crippen LogP contribution in [0.3, 0.4) is 0 Å². The number of hydrogen-bond donors (Lipinski definition) is 0. The van der Waals surface area contributed by atoms with Gasteiger partial charge in [0.2, 0.25) is 0 Å². The van der Waals surface area contributed by atoms with E-state index in [-0.39, 0.29) is 6.04 Å².